The van der Waals surface area contributed by atoms with Crippen molar-refractivity contribution in [3.63, 3.8) is 0 Å². The standard InChI is InChI=1S/C45H26N4/c1-2-11-30-27(10-1)19-24-35-41-40(26-36-32-13-4-7-17-38(32)49-39-18-8-5-14-34(39)42(41)44(36)49)47(43(30)35)28-20-22-29(23-21-28)48-37-16-6-3-12-31(37)33-15-9-25-46-45(33)48/h1-26H. The molecule has 0 atom stereocenters. The second kappa shape index (κ2) is 9.03. The molecule has 0 aliphatic carbocycles. The molecule has 49 heavy (non-hydrogen) atoms. The molecule has 5 aromatic heterocycles. The van der Waals surface area contributed by atoms with Gasteiger partial charge in [0, 0.05) is 66.0 Å². The third kappa shape index (κ3) is 3.12. The van der Waals surface area contributed by atoms with E-state index in [0.29, 0.717) is 0 Å². The van der Waals surface area contributed by atoms with Crippen molar-refractivity contribution in [3.8, 4) is 11.4 Å². The van der Waals surface area contributed by atoms with Gasteiger partial charge in [-0.3, -0.25) is 4.57 Å². The predicted molar refractivity (Wildman–Crippen MR) is 205 cm³/mol. The van der Waals surface area contributed by atoms with Crippen molar-refractivity contribution in [1.82, 2.24) is 18.5 Å². The maximum absolute atomic E-state index is 4.83. The Bertz CT molecular complexity index is 3270. The third-order valence-corrected chi connectivity index (χ3v) is 10.8. The number of rotatable bonds is 2. The molecule has 0 saturated carbocycles. The Morgan fingerprint density at radius 2 is 0.980 bits per heavy atom. The van der Waals surface area contributed by atoms with Gasteiger partial charge < -0.3 is 8.97 Å². The maximum atomic E-state index is 4.83. The zero-order chi connectivity index (χ0) is 31.8. The van der Waals surface area contributed by atoms with Gasteiger partial charge in [-0.25, -0.2) is 4.98 Å². The lowest BCUT2D eigenvalue weighted by Gasteiger charge is -2.12. The Morgan fingerprint density at radius 3 is 1.78 bits per heavy atom. The lowest BCUT2D eigenvalue weighted by atomic mass is 10.0. The van der Waals surface area contributed by atoms with Gasteiger partial charge in [0.25, 0.3) is 0 Å². The van der Waals surface area contributed by atoms with Crippen molar-refractivity contribution >= 4 is 92.6 Å². The zero-order valence-electron chi connectivity index (χ0n) is 26.3. The van der Waals surface area contributed by atoms with Crippen LogP contribution in [0.5, 0.6) is 0 Å². The molecule has 0 saturated heterocycles. The normalized spacial score (nSPS) is 12.5. The smallest absolute Gasteiger partial charge is 0.145 e. The number of aromatic nitrogens is 4. The van der Waals surface area contributed by atoms with Crippen LogP contribution in [0.3, 0.4) is 0 Å². The van der Waals surface area contributed by atoms with Gasteiger partial charge in [-0.05, 0) is 66.0 Å². The van der Waals surface area contributed by atoms with Crippen molar-refractivity contribution in [2.24, 2.45) is 0 Å². The lowest BCUT2D eigenvalue weighted by molar-refractivity contribution is 1.12. The molecule has 5 heterocycles. The van der Waals surface area contributed by atoms with Crippen LogP contribution >= 0.6 is 0 Å². The molecule has 12 rings (SSSR count). The Labute approximate surface area is 279 Å². The molecule has 0 N–H and O–H groups in total. The van der Waals surface area contributed by atoms with Gasteiger partial charge in [0.1, 0.15) is 5.65 Å². The fourth-order valence-electron chi connectivity index (χ4n) is 8.85. The summed E-state index contributed by atoms with van der Waals surface area (Å²) in [7, 11) is 0. The van der Waals surface area contributed by atoms with Gasteiger partial charge in [-0.1, -0.05) is 91.0 Å². The highest BCUT2D eigenvalue weighted by atomic mass is 15.0. The molecule has 0 fully saturated rings. The molecule has 4 nitrogen and oxygen atoms in total. The van der Waals surface area contributed by atoms with Crippen LogP contribution in [0.1, 0.15) is 0 Å². The minimum Gasteiger partial charge on any atom is -0.309 e. The minimum atomic E-state index is 0.972. The number of hydrogen-bond acceptors (Lipinski definition) is 1. The van der Waals surface area contributed by atoms with E-state index in [0.717, 1.165) is 27.9 Å². The lowest BCUT2D eigenvalue weighted by Crippen LogP contribution is -1.98. The number of nitrogens with zero attached hydrogens (tertiary/aromatic N) is 4. The molecule has 4 heteroatoms. The summed E-state index contributed by atoms with van der Waals surface area (Å²) in [6.45, 7) is 0. The van der Waals surface area contributed by atoms with Crippen LogP contribution in [0.2, 0.25) is 0 Å². The highest BCUT2D eigenvalue weighted by molar-refractivity contribution is 6.37. The van der Waals surface area contributed by atoms with Crippen LogP contribution in [0.4, 0.5) is 0 Å². The average Bonchev–Trinajstić information content (AvgIpc) is 3.89. The van der Waals surface area contributed by atoms with Gasteiger partial charge in [0.2, 0.25) is 0 Å². The largest absolute Gasteiger partial charge is 0.309 e. The first-order chi connectivity index (χ1) is 24.3. The first kappa shape index (κ1) is 25.4. The van der Waals surface area contributed by atoms with E-state index in [1.165, 1.54) is 76.1 Å². The van der Waals surface area contributed by atoms with Gasteiger partial charge in [-0.15, -0.1) is 0 Å². The summed E-state index contributed by atoms with van der Waals surface area (Å²) in [5, 5.41) is 12.6. The van der Waals surface area contributed by atoms with Crippen molar-refractivity contribution in [1.29, 1.82) is 0 Å². The van der Waals surface area contributed by atoms with E-state index in [4.69, 9.17) is 4.98 Å². The summed E-state index contributed by atoms with van der Waals surface area (Å²) in [6.07, 6.45) is 1.88. The number of benzene rings is 7. The molecule has 226 valence electrons. The summed E-state index contributed by atoms with van der Waals surface area (Å²) in [5.74, 6) is 0. The highest BCUT2D eigenvalue weighted by Crippen LogP contribution is 2.47. The van der Waals surface area contributed by atoms with Crippen LogP contribution in [-0.2, 0) is 0 Å². The summed E-state index contributed by atoms with van der Waals surface area (Å²) in [4.78, 5) is 4.83. The molecule has 0 unspecified atom stereocenters. The Morgan fingerprint density at radius 1 is 0.367 bits per heavy atom. The van der Waals surface area contributed by atoms with E-state index < -0.39 is 0 Å². The zero-order valence-corrected chi connectivity index (χ0v) is 26.3. The molecular formula is C45H26N4. The van der Waals surface area contributed by atoms with Crippen molar-refractivity contribution in [3.05, 3.63) is 158 Å². The molecule has 0 bridgehead atoms. The second-order valence-corrected chi connectivity index (χ2v) is 13.2. The summed E-state index contributed by atoms with van der Waals surface area (Å²) in [6, 6.07) is 55.4. The van der Waals surface area contributed by atoms with Gasteiger partial charge >= 0.3 is 0 Å². The van der Waals surface area contributed by atoms with Crippen LogP contribution in [0.15, 0.2) is 158 Å². The summed E-state index contributed by atoms with van der Waals surface area (Å²) < 4.78 is 7.27. The van der Waals surface area contributed by atoms with Crippen LogP contribution in [0, 0.1) is 0 Å². The molecule has 0 amide bonds. The minimum absolute atomic E-state index is 0.972. The number of para-hydroxylation sites is 3. The first-order valence-electron chi connectivity index (χ1n) is 16.8. The van der Waals surface area contributed by atoms with E-state index in [-0.39, 0.29) is 0 Å². The fourth-order valence-corrected chi connectivity index (χ4v) is 8.85. The fraction of sp³-hybridized carbons (Fsp3) is 0. The van der Waals surface area contributed by atoms with E-state index in [1.807, 2.05) is 12.3 Å². The van der Waals surface area contributed by atoms with Crippen molar-refractivity contribution in [2.75, 3.05) is 0 Å². The Kier molecular flexibility index (Phi) is 4.69. The van der Waals surface area contributed by atoms with E-state index in [9.17, 15) is 0 Å². The van der Waals surface area contributed by atoms with Crippen LogP contribution in [0.25, 0.3) is 104 Å². The number of fused-ring (bicyclic) bond motifs is 15. The number of pyridine rings is 1. The Balaban J connectivity index is 1.23. The van der Waals surface area contributed by atoms with E-state index >= 15 is 0 Å². The van der Waals surface area contributed by atoms with E-state index in [1.54, 1.807) is 0 Å². The Hall–Kier alpha value is -6.65. The van der Waals surface area contributed by atoms with Gasteiger partial charge in [-0.2, -0.15) is 0 Å². The van der Waals surface area contributed by atoms with Crippen molar-refractivity contribution in [2.45, 2.75) is 0 Å². The topological polar surface area (TPSA) is 27.2 Å². The predicted octanol–water partition coefficient (Wildman–Crippen LogP) is 11.6. The molecule has 0 spiro atoms. The molecule has 0 aliphatic heterocycles. The monoisotopic (exact) mass is 622 g/mol. The quantitative estimate of drug-likeness (QED) is 0.188. The average molecular weight is 623 g/mol. The molecule has 0 aliphatic rings. The van der Waals surface area contributed by atoms with Gasteiger partial charge in [0.15, 0.2) is 0 Å². The van der Waals surface area contributed by atoms with Crippen LogP contribution in [-0.4, -0.2) is 18.5 Å². The second-order valence-electron chi connectivity index (χ2n) is 13.2. The molecule has 7 aromatic carbocycles. The molecular weight excluding hydrogens is 597 g/mol. The maximum Gasteiger partial charge on any atom is 0.145 e. The van der Waals surface area contributed by atoms with Gasteiger partial charge in [0.05, 0.1) is 33.1 Å². The van der Waals surface area contributed by atoms with Crippen LogP contribution < -0.4 is 0 Å². The SMILES string of the molecule is c1ccc2c(c1)ccc1c3c4c5ccccc5n5c6ccccc6c(cc3n(-c3ccc(-n6c7ccccc7c7cccnc76)cc3)c21)c45. The first-order valence-corrected chi connectivity index (χ1v) is 16.8. The van der Waals surface area contributed by atoms with Crippen molar-refractivity contribution < 1.29 is 0 Å². The highest BCUT2D eigenvalue weighted by Gasteiger charge is 2.25. The van der Waals surface area contributed by atoms with E-state index in [2.05, 4.69) is 159 Å². The molecule has 12 aromatic rings. The summed E-state index contributed by atoms with van der Waals surface area (Å²) in [5.41, 5.74) is 10.6. The number of hydrogen-bond donors (Lipinski definition) is 0. The molecule has 0 radical (unpaired) electrons. The summed E-state index contributed by atoms with van der Waals surface area (Å²) >= 11 is 0. The third-order valence-electron chi connectivity index (χ3n) is 10.8.